The number of nitrogens with two attached hydrogens (primary N) is 1. The predicted molar refractivity (Wildman–Crippen MR) is 63.1 cm³/mol. The van der Waals surface area contributed by atoms with Crippen molar-refractivity contribution in [2.45, 2.75) is 57.9 Å². The topological polar surface area (TPSA) is 53.1 Å². The minimum Gasteiger partial charge on any atom is -0.374 e. The number of nitrogens with zero attached hydrogens (tertiary/aromatic N) is 2. The van der Waals surface area contributed by atoms with Gasteiger partial charge in [-0.3, -0.25) is 0 Å². The minimum atomic E-state index is 0.0673. The minimum absolute atomic E-state index is 0.0673. The molecule has 0 amide bonds. The third-order valence-electron chi connectivity index (χ3n) is 3.30. The Bertz CT molecular complexity index is 337. The summed E-state index contributed by atoms with van der Waals surface area (Å²) in [7, 11) is 0. The van der Waals surface area contributed by atoms with Crippen molar-refractivity contribution < 1.29 is 4.74 Å². The number of aryl methyl sites for hydroxylation is 1. The van der Waals surface area contributed by atoms with Crippen LogP contribution in [0.4, 0.5) is 0 Å². The van der Waals surface area contributed by atoms with Crippen molar-refractivity contribution in [2.24, 2.45) is 5.73 Å². The molecular weight excluding hydrogens is 202 g/mol. The Kier molecular flexibility index (Phi) is 3.61. The van der Waals surface area contributed by atoms with Gasteiger partial charge in [-0.15, -0.1) is 0 Å². The number of hydrogen-bond acceptors (Lipinski definition) is 3. The average molecular weight is 223 g/mol. The maximum atomic E-state index is 6.18. The average Bonchev–Trinajstić information content (AvgIpc) is 2.86. The zero-order valence-corrected chi connectivity index (χ0v) is 10.1. The summed E-state index contributed by atoms with van der Waals surface area (Å²) < 4.78 is 7.92. The van der Waals surface area contributed by atoms with Gasteiger partial charge in [-0.05, 0) is 26.7 Å². The molecule has 1 aliphatic rings. The first kappa shape index (κ1) is 11.6. The summed E-state index contributed by atoms with van der Waals surface area (Å²) in [6, 6.07) is 0.0673. The van der Waals surface area contributed by atoms with E-state index in [-0.39, 0.29) is 12.1 Å². The Morgan fingerprint density at radius 1 is 1.62 bits per heavy atom. The summed E-state index contributed by atoms with van der Waals surface area (Å²) in [5, 5.41) is 0. The Morgan fingerprint density at radius 2 is 2.44 bits per heavy atom. The maximum absolute atomic E-state index is 6.18. The molecule has 90 valence electrons. The third kappa shape index (κ3) is 2.44. The summed E-state index contributed by atoms with van der Waals surface area (Å²) in [5.41, 5.74) is 6.18. The predicted octanol–water partition coefficient (Wildman–Crippen LogP) is 1.34. The van der Waals surface area contributed by atoms with Gasteiger partial charge in [0.15, 0.2) is 0 Å². The monoisotopic (exact) mass is 223 g/mol. The molecular formula is C12H21N3O. The zero-order chi connectivity index (χ0) is 11.5. The van der Waals surface area contributed by atoms with E-state index in [2.05, 4.69) is 23.4 Å². The van der Waals surface area contributed by atoms with E-state index in [4.69, 9.17) is 10.5 Å². The van der Waals surface area contributed by atoms with Gasteiger partial charge >= 0.3 is 0 Å². The van der Waals surface area contributed by atoms with Crippen molar-refractivity contribution in [1.82, 2.24) is 9.55 Å². The Labute approximate surface area is 96.8 Å². The van der Waals surface area contributed by atoms with Crippen molar-refractivity contribution >= 4 is 0 Å². The first-order valence-corrected chi connectivity index (χ1v) is 6.11. The third-order valence-corrected chi connectivity index (χ3v) is 3.30. The molecule has 0 aromatic carbocycles. The second-order valence-electron chi connectivity index (χ2n) is 4.56. The molecule has 3 atom stereocenters. The maximum Gasteiger partial charge on any atom is 0.110 e. The molecule has 0 saturated carbocycles. The van der Waals surface area contributed by atoms with Crippen LogP contribution in [0.3, 0.4) is 0 Å². The molecule has 0 spiro atoms. The molecule has 0 aliphatic carbocycles. The summed E-state index contributed by atoms with van der Waals surface area (Å²) in [5.74, 6) is 1.07. The number of rotatable bonds is 4. The largest absolute Gasteiger partial charge is 0.374 e. The van der Waals surface area contributed by atoms with Crippen molar-refractivity contribution in [2.75, 3.05) is 0 Å². The van der Waals surface area contributed by atoms with E-state index in [0.717, 1.165) is 31.6 Å². The van der Waals surface area contributed by atoms with E-state index in [1.807, 2.05) is 12.4 Å². The van der Waals surface area contributed by atoms with E-state index in [1.165, 1.54) is 0 Å². The number of hydrogen-bond donors (Lipinski definition) is 1. The second kappa shape index (κ2) is 4.97. The lowest BCUT2D eigenvalue weighted by atomic mass is 10.0. The number of imidazole rings is 1. The van der Waals surface area contributed by atoms with Gasteiger partial charge in [0.05, 0.1) is 12.2 Å². The van der Waals surface area contributed by atoms with Crippen LogP contribution in [0.25, 0.3) is 0 Å². The summed E-state index contributed by atoms with van der Waals surface area (Å²) in [6.07, 6.45) is 7.41. The Hall–Kier alpha value is -0.870. The molecule has 1 aromatic heterocycles. The van der Waals surface area contributed by atoms with Gasteiger partial charge in [-0.1, -0.05) is 0 Å². The molecule has 1 saturated heterocycles. The van der Waals surface area contributed by atoms with Gasteiger partial charge < -0.3 is 15.0 Å². The number of aromatic nitrogens is 2. The smallest absolute Gasteiger partial charge is 0.110 e. The molecule has 16 heavy (non-hydrogen) atoms. The van der Waals surface area contributed by atoms with Gasteiger partial charge in [0.2, 0.25) is 0 Å². The van der Waals surface area contributed by atoms with Gasteiger partial charge in [-0.2, -0.15) is 0 Å². The molecule has 1 fully saturated rings. The normalized spacial score (nSPS) is 27.2. The molecule has 1 aromatic rings. The van der Waals surface area contributed by atoms with Crippen LogP contribution < -0.4 is 5.73 Å². The van der Waals surface area contributed by atoms with Gasteiger partial charge in [0.25, 0.3) is 0 Å². The molecule has 2 N–H and O–H groups in total. The van der Waals surface area contributed by atoms with Crippen LogP contribution in [-0.2, 0) is 17.7 Å². The molecule has 0 radical (unpaired) electrons. The molecule has 4 heteroatoms. The highest BCUT2D eigenvalue weighted by Crippen LogP contribution is 2.22. The van der Waals surface area contributed by atoms with E-state index in [1.54, 1.807) is 0 Å². The first-order valence-electron chi connectivity index (χ1n) is 6.11. The first-order chi connectivity index (χ1) is 7.70. The molecule has 3 unspecified atom stereocenters. The van der Waals surface area contributed by atoms with E-state index < -0.39 is 0 Å². The van der Waals surface area contributed by atoms with Crippen LogP contribution in [0, 0.1) is 0 Å². The lowest BCUT2D eigenvalue weighted by molar-refractivity contribution is 0.0399. The molecule has 1 aliphatic heterocycles. The fourth-order valence-corrected chi connectivity index (χ4v) is 2.31. The van der Waals surface area contributed by atoms with Crippen LogP contribution in [0.15, 0.2) is 12.4 Å². The van der Waals surface area contributed by atoms with Crippen molar-refractivity contribution in [3.63, 3.8) is 0 Å². The van der Waals surface area contributed by atoms with E-state index >= 15 is 0 Å². The van der Waals surface area contributed by atoms with Crippen LogP contribution in [0.1, 0.15) is 32.5 Å². The Morgan fingerprint density at radius 3 is 3.06 bits per heavy atom. The van der Waals surface area contributed by atoms with Crippen molar-refractivity contribution in [3.05, 3.63) is 18.2 Å². The van der Waals surface area contributed by atoms with Gasteiger partial charge in [-0.25, -0.2) is 4.98 Å². The van der Waals surface area contributed by atoms with Gasteiger partial charge in [0.1, 0.15) is 5.82 Å². The fraction of sp³-hybridized carbons (Fsp3) is 0.750. The Balaban J connectivity index is 1.94. The molecule has 2 rings (SSSR count). The van der Waals surface area contributed by atoms with Gasteiger partial charge in [0, 0.05) is 31.4 Å². The summed E-state index contributed by atoms with van der Waals surface area (Å²) in [6.45, 7) is 5.18. The SMILES string of the molecule is CCn1ccnc1CC(N)C1CCC(C)O1. The van der Waals surface area contributed by atoms with Crippen molar-refractivity contribution in [1.29, 1.82) is 0 Å². The molecule has 4 nitrogen and oxygen atoms in total. The van der Waals surface area contributed by atoms with E-state index in [0.29, 0.717) is 6.10 Å². The lowest BCUT2D eigenvalue weighted by Crippen LogP contribution is -2.37. The molecule has 2 heterocycles. The summed E-state index contributed by atoms with van der Waals surface area (Å²) in [4.78, 5) is 4.34. The van der Waals surface area contributed by atoms with Crippen LogP contribution in [-0.4, -0.2) is 27.8 Å². The van der Waals surface area contributed by atoms with Crippen LogP contribution >= 0.6 is 0 Å². The van der Waals surface area contributed by atoms with E-state index in [9.17, 15) is 0 Å². The standard InChI is InChI=1S/C12H21N3O/c1-3-15-7-6-14-12(15)8-10(13)11-5-4-9(2)16-11/h6-7,9-11H,3-5,8,13H2,1-2H3. The lowest BCUT2D eigenvalue weighted by Gasteiger charge is -2.19. The summed E-state index contributed by atoms with van der Waals surface area (Å²) >= 11 is 0. The van der Waals surface area contributed by atoms with Crippen LogP contribution in [0.2, 0.25) is 0 Å². The second-order valence-corrected chi connectivity index (χ2v) is 4.56. The zero-order valence-electron chi connectivity index (χ0n) is 10.1. The van der Waals surface area contributed by atoms with Crippen molar-refractivity contribution in [3.8, 4) is 0 Å². The highest BCUT2D eigenvalue weighted by Gasteiger charge is 2.28. The highest BCUT2D eigenvalue weighted by atomic mass is 16.5. The quantitative estimate of drug-likeness (QED) is 0.838. The van der Waals surface area contributed by atoms with Crippen LogP contribution in [0.5, 0.6) is 0 Å². The number of ether oxygens (including phenoxy) is 1. The fourth-order valence-electron chi connectivity index (χ4n) is 2.31. The molecule has 0 bridgehead atoms. The highest BCUT2D eigenvalue weighted by molar-refractivity contribution is 4.97.